The zero-order valence-electron chi connectivity index (χ0n) is 18.0. The molecule has 0 saturated carbocycles. The van der Waals surface area contributed by atoms with E-state index in [0.29, 0.717) is 23.7 Å². The van der Waals surface area contributed by atoms with Gasteiger partial charge in [-0.2, -0.15) is 0 Å². The Kier molecular flexibility index (Phi) is 9.71. The Labute approximate surface area is 184 Å². The maximum atomic E-state index is 13.1. The van der Waals surface area contributed by atoms with Crippen LogP contribution in [0.3, 0.4) is 0 Å². The third kappa shape index (κ3) is 6.51. The first-order valence-corrected chi connectivity index (χ1v) is 10.8. The summed E-state index contributed by atoms with van der Waals surface area (Å²) in [6, 6.07) is 7.62. The molecule has 0 aliphatic heterocycles. The summed E-state index contributed by atoms with van der Waals surface area (Å²) in [6.07, 6.45) is 9.43. The molecular formula is C24H31ClN4O. The van der Waals surface area contributed by atoms with Crippen LogP contribution < -0.4 is 15.8 Å². The van der Waals surface area contributed by atoms with Gasteiger partial charge in [0.1, 0.15) is 5.15 Å². The quantitative estimate of drug-likeness (QED) is 0.265. The fourth-order valence-electron chi connectivity index (χ4n) is 3.42. The molecule has 0 spiro atoms. The predicted molar refractivity (Wildman–Crippen MR) is 126 cm³/mol. The second-order valence-electron chi connectivity index (χ2n) is 7.04. The molecule has 0 unspecified atom stereocenters. The summed E-state index contributed by atoms with van der Waals surface area (Å²) in [6.45, 7) is 8.38. The van der Waals surface area contributed by atoms with Gasteiger partial charge in [0.25, 0.3) is 5.91 Å². The number of aromatic nitrogens is 1. The van der Waals surface area contributed by atoms with E-state index in [1.807, 2.05) is 25.1 Å². The molecule has 0 bridgehead atoms. The lowest BCUT2D eigenvalue weighted by Crippen LogP contribution is -2.35. The first-order valence-electron chi connectivity index (χ1n) is 10.5. The minimum atomic E-state index is -0.148. The van der Waals surface area contributed by atoms with Crippen molar-refractivity contribution in [1.29, 1.82) is 5.41 Å². The van der Waals surface area contributed by atoms with E-state index in [-0.39, 0.29) is 5.91 Å². The Balaban J connectivity index is 2.43. The minimum absolute atomic E-state index is 0.148. The summed E-state index contributed by atoms with van der Waals surface area (Å²) < 4.78 is 0. The molecule has 0 aliphatic carbocycles. The molecule has 5 nitrogen and oxygen atoms in total. The molecule has 0 saturated heterocycles. The van der Waals surface area contributed by atoms with Crippen LogP contribution in [0.5, 0.6) is 0 Å². The zero-order chi connectivity index (χ0) is 21.9. The van der Waals surface area contributed by atoms with Crippen molar-refractivity contribution in [3.05, 3.63) is 62.7 Å². The van der Waals surface area contributed by atoms with Crippen molar-refractivity contribution in [2.45, 2.75) is 40.0 Å². The molecule has 1 heterocycles. The number of hydrogen-bond acceptors (Lipinski definition) is 4. The molecule has 30 heavy (non-hydrogen) atoms. The monoisotopic (exact) mass is 426 g/mol. The molecule has 2 aromatic rings. The van der Waals surface area contributed by atoms with Crippen molar-refractivity contribution in [2.24, 2.45) is 0 Å². The zero-order valence-corrected chi connectivity index (χ0v) is 18.8. The van der Waals surface area contributed by atoms with Crippen molar-refractivity contribution < 1.29 is 4.79 Å². The van der Waals surface area contributed by atoms with Crippen molar-refractivity contribution in [1.82, 2.24) is 15.2 Å². The van der Waals surface area contributed by atoms with Gasteiger partial charge in [-0.15, -0.1) is 0 Å². The van der Waals surface area contributed by atoms with Crippen LogP contribution in [0, 0.1) is 5.41 Å². The third-order valence-electron chi connectivity index (χ3n) is 4.86. The molecular weight excluding hydrogens is 396 g/mol. The highest BCUT2D eigenvalue weighted by atomic mass is 35.5. The van der Waals surface area contributed by atoms with Crippen LogP contribution in [0.2, 0.25) is 5.15 Å². The number of benzene rings is 1. The molecule has 6 heteroatoms. The van der Waals surface area contributed by atoms with Crippen LogP contribution >= 0.6 is 11.6 Å². The van der Waals surface area contributed by atoms with Crippen LogP contribution in [-0.2, 0) is 6.42 Å². The standard InChI is InChI=1S/C24H31ClN4O/c1-4-8-19-14-21(24(30)29(17-26)12-7-11-27-6-3)15-20(22(19)5-2)13-18-9-10-23(25)28-16-18/h5,8-10,14-17,26-27H,4,6-7,11-13H2,1-3H3/b19-8-,22-5+,26-17?. The van der Waals surface area contributed by atoms with Crippen molar-refractivity contribution in [3.8, 4) is 0 Å². The van der Waals surface area contributed by atoms with Gasteiger partial charge in [0.05, 0.1) is 6.34 Å². The van der Waals surface area contributed by atoms with Gasteiger partial charge in [-0.3, -0.25) is 15.1 Å². The second-order valence-corrected chi connectivity index (χ2v) is 7.43. The maximum absolute atomic E-state index is 13.1. The first kappa shape index (κ1) is 23.8. The minimum Gasteiger partial charge on any atom is -0.317 e. The molecule has 0 atom stereocenters. The van der Waals surface area contributed by atoms with Crippen molar-refractivity contribution in [3.63, 3.8) is 0 Å². The van der Waals surface area contributed by atoms with Crippen LogP contribution in [-0.4, -0.2) is 41.8 Å². The molecule has 0 aliphatic rings. The topological polar surface area (TPSA) is 69.1 Å². The fraction of sp³-hybridized carbons (Fsp3) is 0.375. The lowest BCUT2D eigenvalue weighted by atomic mass is 9.98. The molecule has 1 amide bonds. The number of carbonyl (C=O) groups excluding carboxylic acids is 1. The highest BCUT2D eigenvalue weighted by molar-refractivity contribution is 6.29. The number of nitrogens with zero attached hydrogens (tertiary/aromatic N) is 2. The second kappa shape index (κ2) is 12.3. The number of carbonyl (C=O) groups is 1. The first-order chi connectivity index (χ1) is 14.5. The Hall–Kier alpha value is -2.50. The fourth-order valence-corrected chi connectivity index (χ4v) is 3.53. The Morgan fingerprint density at radius 2 is 2.10 bits per heavy atom. The Bertz CT molecular complexity index is 970. The number of halogens is 1. The van der Waals surface area contributed by atoms with Crippen LogP contribution in [0.15, 0.2) is 30.5 Å². The number of hydrogen-bond donors (Lipinski definition) is 2. The highest BCUT2D eigenvalue weighted by Crippen LogP contribution is 2.11. The van der Waals surface area contributed by atoms with Gasteiger partial charge < -0.3 is 5.32 Å². The van der Waals surface area contributed by atoms with E-state index >= 15 is 0 Å². The van der Waals surface area contributed by atoms with E-state index in [1.165, 1.54) is 4.90 Å². The average molecular weight is 427 g/mol. The van der Waals surface area contributed by atoms with Gasteiger partial charge in [0.15, 0.2) is 0 Å². The number of nitrogens with one attached hydrogen (secondary N) is 2. The molecule has 2 rings (SSSR count). The summed E-state index contributed by atoms with van der Waals surface area (Å²) in [5.74, 6) is -0.148. The lowest BCUT2D eigenvalue weighted by molar-refractivity contribution is 0.0850. The molecule has 160 valence electrons. The normalized spacial score (nSPS) is 12.3. The van der Waals surface area contributed by atoms with Crippen LogP contribution in [0.4, 0.5) is 0 Å². The molecule has 0 radical (unpaired) electrons. The van der Waals surface area contributed by atoms with Crippen LogP contribution in [0.1, 0.15) is 55.1 Å². The largest absolute Gasteiger partial charge is 0.317 e. The van der Waals surface area contributed by atoms with Crippen molar-refractivity contribution >= 4 is 36.0 Å². The molecule has 1 aromatic heterocycles. The van der Waals surface area contributed by atoms with E-state index in [1.54, 1.807) is 12.3 Å². The Morgan fingerprint density at radius 1 is 1.30 bits per heavy atom. The summed E-state index contributed by atoms with van der Waals surface area (Å²) >= 11 is 5.92. The average Bonchev–Trinajstić information content (AvgIpc) is 2.75. The van der Waals surface area contributed by atoms with Crippen molar-refractivity contribution in [2.75, 3.05) is 19.6 Å². The molecule has 2 N–H and O–H groups in total. The van der Waals surface area contributed by atoms with E-state index in [0.717, 1.165) is 53.8 Å². The van der Waals surface area contributed by atoms with E-state index in [4.69, 9.17) is 17.0 Å². The predicted octanol–water partition coefficient (Wildman–Crippen LogP) is 3.37. The van der Waals surface area contributed by atoms with Gasteiger partial charge in [-0.25, -0.2) is 4.98 Å². The smallest absolute Gasteiger partial charge is 0.258 e. The van der Waals surface area contributed by atoms with Crippen LogP contribution in [0.25, 0.3) is 12.2 Å². The SMILES string of the molecule is C/C=c1/c(Cc2ccc(Cl)nc2)cc(C(=O)N(C=N)CCCNCC)c/c1=C/CC. The van der Waals surface area contributed by atoms with Gasteiger partial charge in [0.2, 0.25) is 0 Å². The van der Waals surface area contributed by atoms with Gasteiger partial charge in [-0.1, -0.05) is 43.7 Å². The number of pyridine rings is 1. The summed E-state index contributed by atoms with van der Waals surface area (Å²) in [5.41, 5.74) is 2.69. The van der Waals surface area contributed by atoms with E-state index < -0.39 is 0 Å². The number of rotatable bonds is 10. The highest BCUT2D eigenvalue weighted by Gasteiger charge is 2.15. The van der Waals surface area contributed by atoms with E-state index in [9.17, 15) is 4.79 Å². The number of amides is 1. The van der Waals surface area contributed by atoms with Gasteiger partial charge in [0, 0.05) is 18.3 Å². The third-order valence-corrected chi connectivity index (χ3v) is 5.08. The summed E-state index contributed by atoms with van der Waals surface area (Å²) in [5, 5.41) is 13.6. The maximum Gasteiger partial charge on any atom is 0.258 e. The van der Waals surface area contributed by atoms with Gasteiger partial charge >= 0.3 is 0 Å². The van der Waals surface area contributed by atoms with Gasteiger partial charge in [-0.05, 0) is 79.0 Å². The summed E-state index contributed by atoms with van der Waals surface area (Å²) in [7, 11) is 0. The Morgan fingerprint density at radius 3 is 2.70 bits per heavy atom. The molecule has 1 aromatic carbocycles. The summed E-state index contributed by atoms with van der Waals surface area (Å²) in [4.78, 5) is 18.8. The molecule has 0 fully saturated rings. The van der Waals surface area contributed by atoms with E-state index in [2.05, 4.69) is 36.3 Å². The lowest BCUT2D eigenvalue weighted by Gasteiger charge is -2.18.